The third-order valence-electron chi connectivity index (χ3n) is 5.28. The minimum absolute atomic E-state index is 0.171. The van der Waals surface area contributed by atoms with Crippen molar-refractivity contribution in [2.24, 2.45) is 5.92 Å². The molecule has 2 bridgehead atoms. The molecule has 0 spiro atoms. The van der Waals surface area contributed by atoms with E-state index in [1.165, 1.54) is 18.4 Å². The summed E-state index contributed by atoms with van der Waals surface area (Å²) in [5.74, 6) is 0.775. The third-order valence-corrected chi connectivity index (χ3v) is 5.28. The normalized spacial score (nSPS) is 24.1. The van der Waals surface area contributed by atoms with Gasteiger partial charge >= 0.3 is 0 Å². The molecule has 4 nitrogen and oxygen atoms in total. The molecule has 1 amide bonds. The Bertz CT molecular complexity index is 520. The number of piperidine rings is 1. The highest BCUT2D eigenvalue weighted by Crippen LogP contribution is 2.29. The largest absolute Gasteiger partial charge is 0.372 e. The SMILES string of the molecule is CCCCOCC(=O)N1C[C@H]2CC[C@@H](C1)N(Cc1ccccc1)C2. The summed E-state index contributed by atoms with van der Waals surface area (Å²) >= 11 is 0. The molecule has 1 aromatic carbocycles. The number of hydrogen-bond acceptors (Lipinski definition) is 3. The molecule has 0 aliphatic carbocycles. The minimum Gasteiger partial charge on any atom is -0.372 e. The summed E-state index contributed by atoms with van der Waals surface area (Å²) in [6, 6.07) is 11.2. The molecule has 0 N–H and O–H groups in total. The first-order chi connectivity index (χ1) is 11.8. The van der Waals surface area contributed by atoms with Gasteiger partial charge in [0.15, 0.2) is 0 Å². The third kappa shape index (κ3) is 4.58. The first-order valence-electron chi connectivity index (χ1n) is 9.39. The molecule has 24 heavy (non-hydrogen) atoms. The van der Waals surface area contributed by atoms with Crippen LogP contribution >= 0.6 is 0 Å². The van der Waals surface area contributed by atoms with Crippen molar-refractivity contribution in [3.8, 4) is 0 Å². The van der Waals surface area contributed by atoms with Gasteiger partial charge in [0.05, 0.1) is 0 Å². The van der Waals surface area contributed by atoms with E-state index in [4.69, 9.17) is 4.74 Å². The molecule has 3 saturated heterocycles. The lowest BCUT2D eigenvalue weighted by molar-refractivity contribution is -0.136. The van der Waals surface area contributed by atoms with E-state index in [9.17, 15) is 4.79 Å². The number of nitrogens with zero attached hydrogens (tertiary/aromatic N) is 2. The van der Waals surface area contributed by atoms with E-state index in [-0.39, 0.29) is 12.5 Å². The van der Waals surface area contributed by atoms with E-state index in [1.54, 1.807) is 0 Å². The number of unbranched alkanes of at least 4 members (excludes halogenated alkanes) is 1. The lowest BCUT2D eigenvalue weighted by atomic mass is 9.94. The molecular formula is C20H30N2O2. The summed E-state index contributed by atoms with van der Waals surface area (Å²) in [6.45, 7) is 6.95. The van der Waals surface area contributed by atoms with Crippen LogP contribution in [0.5, 0.6) is 0 Å². The van der Waals surface area contributed by atoms with Gasteiger partial charge in [-0.1, -0.05) is 43.7 Å². The Labute approximate surface area is 145 Å². The maximum Gasteiger partial charge on any atom is 0.248 e. The predicted octanol–water partition coefficient (Wildman–Crippen LogP) is 2.93. The Hall–Kier alpha value is -1.39. The molecule has 3 heterocycles. The van der Waals surface area contributed by atoms with Gasteiger partial charge in [-0.2, -0.15) is 0 Å². The van der Waals surface area contributed by atoms with Crippen molar-refractivity contribution in [1.82, 2.24) is 9.80 Å². The molecule has 2 atom stereocenters. The number of rotatable bonds is 7. The fraction of sp³-hybridized carbons (Fsp3) is 0.650. The van der Waals surface area contributed by atoms with Gasteiger partial charge in [0, 0.05) is 38.8 Å². The van der Waals surface area contributed by atoms with Gasteiger partial charge in [-0.05, 0) is 30.7 Å². The molecule has 132 valence electrons. The number of benzene rings is 1. The Balaban J connectivity index is 1.55. The maximum absolute atomic E-state index is 12.5. The number of carbonyl (C=O) groups is 1. The average Bonchev–Trinajstić information content (AvgIpc) is 2.91. The van der Waals surface area contributed by atoms with Gasteiger partial charge in [-0.15, -0.1) is 0 Å². The topological polar surface area (TPSA) is 32.8 Å². The molecule has 0 saturated carbocycles. The first kappa shape index (κ1) is 17.4. The van der Waals surface area contributed by atoms with Crippen LogP contribution in [0.25, 0.3) is 0 Å². The molecule has 0 radical (unpaired) electrons. The number of fused-ring (bicyclic) bond motifs is 4. The molecule has 3 fully saturated rings. The monoisotopic (exact) mass is 330 g/mol. The zero-order valence-corrected chi connectivity index (χ0v) is 14.8. The van der Waals surface area contributed by atoms with Gasteiger partial charge in [-0.25, -0.2) is 0 Å². The van der Waals surface area contributed by atoms with Crippen molar-refractivity contribution in [3.63, 3.8) is 0 Å². The zero-order chi connectivity index (χ0) is 16.8. The Morgan fingerprint density at radius 1 is 1.17 bits per heavy atom. The van der Waals surface area contributed by atoms with Crippen LogP contribution in [0.3, 0.4) is 0 Å². The highest BCUT2D eigenvalue weighted by atomic mass is 16.5. The van der Waals surface area contributed by atoms with Crippen LogP contribution in [0.15, 0.2) is 30.3 Å². The second kappa shape index (κ2) is 8.63. The summed E-state index contributed by atoms with van der Waals surface area (Å²) in [5, 5.41) is 0. The van der Waals surface area contributed by atoms with Crippen LogP contribution in [0.1, 0.15) is 38.2 Å². The van der Waals surface area contributed by atoms with Crippen molar-refractivity contribution in [1.29, 1.82) is 0 Å². The van der Waals surface area contributed by atoms with Crippen molar-refractivity contribution in [3.05, 3.63) is 35.9 Å². The van der Waals surface area contributed by atoms with Crippen molar-refractivity contribution in [2.45, 2.75) is 45.2 Å². The standard InChI is InChI=1S/C20H30N2O2/c1-2-3-11-24-16-20(23)22-14-18-9-10-19(15-22)21(13-18)12-17-7-5-4-6-8-17/h4-8,18-19H,2-3,9-16H2,1H3/t18-,19-/m0/s1. The molecule has 4 heteroatoms. The molecule has 3 aliphatic rings. The van der Waals surface area contributed by atoms with Crippen molar-refractivity contribution < 1.29 is 9.53 Å². The highest BCUT2D eigenvalue weighted by Gasteiger charge is 2.36. The summed E-state index contributed by atoms with van der Waals surface area (Å²) in [7, 11) is 0. The fourth-order valence-electron chi connectivity index (χ4n) is 3.89. The van der Waals surface area contributed by atoms with E-state index in [0.29, 0.717) is 18.6 Å². The van der Waals surface area contributed by atoms with E-state index in [2.05, 4.69) is 47.1 Å². The highest BCUT2D eigenvalue weighted by molar-refractivity contribution is 5.77. The summed E-state index contributed by atoms with van der Waals surface area (Å²) < 4.78 is 5.54. The first-order valence-corrected chi connectivity index (χ1v) is 9.39. The minimum atomic E-state index is 0.171. The van der Waals surface area contributed by atoms with E-state index in [0.717, 1.165) is 39.0 Å². The Kier molecular flexibility index (Phi) is 6.27. The van der Waals surface area contributed by atoms with Crippen molar-refractivity contribution in [2.75, 3.05) is 32.8 Å². The second-order valence-electron chi connectivity index (χ2n) is 7.22. The van der Waals surface area contributed by atoms with Crippen LogP contribution in [0.2, 0.25) is 0 Å². The quantitative estimate of drug-likeness (QED) is 0.721. The van der Waals surface area contributed by atoms with Gasteiger partial charge in [-0.3, -0.25) is 9.69 Å². The van der Waals surface area contributed by atoms with E-state index in [1.807, 2.05) is 0 Å². The summed E-state index contributed by atoms with van der Waals surface area (Å²) in [5.41, 5.74) is 1.37. The zero-order valence-electron chi connectivity index (χ0n) is 14.8. The van der Waals surface area contributed by atoms with Crippen LogP contribution in [-0.2, 0) is 16.1 Å². The van der Waals surface area contributed by atoms with Crippen LogP contribution in [0.4, 0.5) is 0 Å². The Morgan fingerprint density at radius 3 is 2.79 bits per heavy atom. The maximum atomic E-state index is 12.5. The fourth-order valence-corrected chi connectivity index (χ4v) is 3.89. The lowest BCUT2D eigenvalue weighted by Crippen LogP contribution is -2.44. The van der Waals surface area contributed by atoms with Gasteiger partial charge in [0.1, 0.15) is 6.61 Å². The van der Waals surface area contributed by atoms with Crippen LogP contribution in [0, 0.1) is 5.92 Å². The summed E-state index contributed by atoms with van der Waals surface area (Å²) in [6.07, 6.45) is 4.59. The molecule has 1 aromatic rings. The van der Waals surface area contributed by atoms with Crippen LogP contribution < -0.4 is 0 Å². The smallest absolute Gasteiger partial charge is 0.248 e. The van der Waals surface area contributed by atoms with Gasteiger partial charge < -0.3 is 9.64 Å². The molecule has 0 aromatic heterocycles. The molecule has 0 unspecified atom stereocenters. The average molecular weight is 330 g/mol. The van der Waals surface area contributed by atoms with Crippen molar-refractivity contribution >= 4 is 5.91 Å². The molecule has 4 rings (SSSR count). The molecular weight excluding hydrogens is 300 g/mol. The van der Waals surface area contributed by atoms with Gasteiger partial charge in [0.2, 0.25) is 5.91 Å². The summed E-state index contributed by atoms with van der Waals surface area (Å²) in [4.78, 5) is 17.1. The van der Waals surface area contributed by atoms with E-state index >= 15 is 0 Å². The number of ether oxygens (including phenoxy) is 1. The second-order valence-corrected chi connectivity index (χ2v) is 7.22. The number of hydrogen-bond donors (Lipinski definition) is 0. The lowest BCUT2D eigenvalue weighted by Gasteiger charge is -2.36. The Morgan fingerprint density at radius 2 is 2.00 bits per heavy atom. The molecule has 3 aliphatic heterocycles. The van der Waals surface area contributed by atoms with Gasteiger partial charge in [0.25, 0.3) is 0 Å². The van der Waals surface area contributed by atoms with Crippen LogP contribution in [-0.4, -0.2) is 54.6 Å². The number of carbonyl (C=O) groups excluding carboxylic acids is 1. The predicted molar refractivity (Wildman–Crippen MR) is 95.7 cm³/mol. The number of amides is 1. The van der Waals surface area contributed by atoms with E-state index < -0.39 is 0 Å².